The third-order valence-corrected chi connectivity index (χ3v) is 5.71. The van der Waals surface area contributed by atoms with E-state index in [2.05, 4.69) is 65.9 Å². The number of hydrogen-bond acceptors (Lipinski definition) is 2. The summed E-state index contributed by atoms with van der Waals surface area (Å²) in [5.74, 6) is 1.69. The van der Waals surface area contributed by atoms with Crippen molar-refractivity contribution in [2.45, 2.75) is 45.6 Å². The molecule has 0 amide bonds. The molecule has 1 aromatic rings. The Kier molecular flexibility index (Phi) is 5.87. The lowest BCUT2D eigenvalue weighted by atomic mass is 9.83. The lowest BCUT2D eigenvalue weighted by Gasteiger charge is -2.45. The van der Waals surface area contributed by atoms with E-state index in [0.717, 1.165) is 29.3 Å². The van der Waals surface area contributed by atoms with Gasteiger partial charge in [0, 0.05) is 16.6 Å². The molecular weight excluding hydrogens is 324 g/mol. The molecule has 1 atom stereocenters. The summed E-state index contributed by atoms with van der Waals surface area (Å²) in [5, 5.41) is 0. The number of nitrogens with two attached hydrogens (primary N) is 1. The Labute approximate surface area is 138 Å². The third kappa shape index (κ3) is 4.30. The zero-order valence-electron chi connectivity index (χ0n) is 13.6. The summed E-state index contributed by atoms with van der Waals surface area (Å²) < 4.78 is 1.14. The van der Waals surface area contributed by atoms with E-state index in [1.807, 2.05) is 0 Å². The van der Waals surface area contributed by atoms with Gasteiger partial charge in [-0.1, -0.05) is 41.9 Å². The average Bonchev–Trinajstić information content (AvgIpc) is 2.49. The van der Waals surface area contributed by atoms with Crippen molar-refractivity contribution in [2.24, 2.45) is 17.6 Å². The monoisotopic (exact) mass is 352 g/mol. The summed E-state index contributed by atoms with van der Waals surface area (Å²) in [6, 6.07) is 8.66. The Bertz CT molecular complexity index is 435. The van der Waals surface area contributed by atoms with E-state index in [-0.39, 0.29) is 5.54 Å². The average molecular weight is 353 g/mol. The fourth-order valence-corrected chi connectivity index (χ4v) is 3.73. The molecule has 0 aromatic heterocycles. The van der Waals surface area contributed by atoms with Gasteiger partial charge >= 0.3 is 0 Å². The van der Waals surface area contributed by atoms with Gasteiger partial charge in [-0.2, -0.15) is 0 Å². The van der Waals surface area contributed by atoms with E-state index < -0.39 is 0 Å². The van der Waals surface area contributed by atoms with Crippen LogP contribution in [-0.4, -0.2) is 30.1 Å². The van der Waals surface area contributed by atoms with E-state index in [9.17, 15) is 0 Å². The highest BCUT2D eigenvalue weighted by molar-refractivity contribution is 9.10. The first kappa shape index (κ1) is 17.0. The van der Waals surface area contributed by atoms with Crippen molar-refractivity contribution in [3.63, 3.8) is 0 Å². The minimum absolute atomic E-state index is 0.0791. The van der Waals surface area contributed by atoms with E-state index in [4.69, 9.17) is 5.73 Å². The molecule has 118 valence electrons. The molecule has 3 heteroatoms. The molecule has 2 rings (SSSR count). The van der Waals surface area contributed by atoms with Gasteiger partial charge in [0.05, 0.1) is 0 Å². The minimum Gasteiger partial charge on any atom is -0.329 e. The van der Waals surface area contributed by atoms with E-state index in [1.54, 1.807) is 0 Å². The number of nitrogens with zero attached hydrogens (tertiary/aromatic N) is 1. The molecule has 2 nitrogen and oxygen atoms in total. The topological polar surface area (TPSA) is 29.3 Å². The quantitative estimate of drug-likeness (QED) is 0.864. The van der Waals surface area contributed by atoms with Crippen molar-refractivity contribution in [3.05, 3.63) is 34.3 Å². The Morgan fingerprint density at radius 1 is 1.24 bits per heavy atom. The van der Waals surface area contributed by atoms with Crippen LogP contribution in [0.1, 0.15) is 39.2 Å². The van der Waals surface area contributed by atoms with E-state index in [1.165, 1.54) is 31.5 Å². The number of likely N-dealkylation sites (tertiary alicyclic amines) is 1. The molecule has 0 spiro atoms. The predicted molar refractivity (Wildman–Crippen MR) is 94.4 cm³/mol. The number of halogens is 1. The van der Waals surface area contributed by atoms with Gasteiger partial charge in [0.15, 0.2) is 0 Å². The molecule has 0 aliphatic carbocycles. The molecule has 1 aliphatic rings. The van der Waals surface area contributed by atoms with Crippen LogP contribution in [0.4, 0.5) is 0 Å². The summed E-state index contributed by atoms with van der Waals surface area (Å²) in [6.07, 6.45) is 3.66. The maximum Gasteiger partial charge on any atom is 0.0343 e. The van der Waals surface area contributed by atoms with E-state index >= 15 is 0 Å². The second-order valence-electron chi connectivity index (χ2n) is 7.07. The standard InChI is InChI=1S/C18H29BrN2/c1-14(2)16-8-10-21(11-9-16)18(3,13-20)12-15-4-6-17(19)7-5-15/h4-7,14,16H,8-13,20H2,1-3H3. The molecule has 1 fully saturated rings. The number of piperidine rings is 1. The Balaban J connectivity index is 2.02. The van der Waals surface area contributed by atoms with Gasteiger partial charge in [0.25, 0.3) is 0 Å². The number of hydrogen-bond donors (Lipinski definition) is 1. The molecular formula is C18H29BrN2. The second kappa shape index (κ2) is 7.26. The van der Waals surface area contributed by atoms with Gasteiger partial charge in [0.2, 0.25) is 0 Å². The van der Waals surface area contributed by atoms with Gasteiger partial charge in [0.1, 0.15) is 0 Å². The van der Waals surface area contributed by atoms with Gasteiger partial charge in [-0.3, -0.25) is 4.90 Å². The molecule has 1 saturated heterocycles. The van der Waals surface area contributed by atoms with Gasteiger partial charge in [-0.05, 0) is 68.8 Å². The summed E-state index contributed by atoms with van der Waals surface area (Å²) in [5.41, 5.74) is 7.61. The SMILES string of the molecule is CC(C)C1CCN(C(C)(CN)Cc2ccc(Br)cc2)CC1. The van der Waals surface area contributed by atoms with Crippen LogP contribution in [0.3, 0.4) is 0 Å². The largest absolute Gasteiger partial charge is 0.329 e. The van der Waals surface area contributed by atoms with Crippen LogP contribution in [0.2, 0.25) is 0 Å². The highest BCUT2D eigenvalue weighted by Crippen LogP contribution is 2.30. The summed E-state index contributed by atoms with van der Waals surface area (Å²) in [7, 11) is 0. The van der Waals surface area contributed by atoms with Crippen LogP contribution in [0.5, 0.6) is 0 Å². The molecule has 2 N–H and O–H groups in total. The summed E-state index contributed by atoms with van der Waals surface area (Å²) in [6.45, 7) is 10.1. The van der Waals surface area contributed by atoms with Crippen molar-refractivity contribution < 1.29 is 0 Å². The summed E-state index contributed by atoms with van der Waals surface area (Å²) >= 11 is 3.50. The maximum atomic E-state index is 6.16. The molecule has 0 saturated carbocycles. The second-order valence-corrected chi connectivity index (χ2v) is 7.99. The Morgan fingerprint density at radius 2 is 1.81 bits per heavy atom. The lowest BCUT2D eigenvalue weighted by Crippen LogP contribution is -2.56. The maximum absolute atomic E-state index is 6.16. The van der Waals surface area contributed by atoms with Crippen molar-refractivity contribution in [3.8, 4) is 0 Å². The normalized spacial score (nSPS) is 20.7. The van der Waals surface area contributed by atoms with Crippen LogP contribution in [0.15, 0.2) is 28.7 Å². The van der Waals surface area contributed by atoms with Gasteiger partial charge in [-0.15, -0.1) is 0 Å². The van der Waals surface area contributed by atoms with Gasteiger partial charge in [-0.25, -0.2) is 0 Å². The molecule has 1 aliphatic heterocycles. The molecule has 0 radical (unpaired) electrons. The van der Waals surface area contributed by atoms with Crippen molar-refractivity contribution in [1.29, 1.82) is 0 Å². The Hall–Kier alpha value is -0.380. The molecule has 0 bridgehead atoms. The zero-order valence-corrected chi connectivity index (χ0v) is 15.2. The van der Waals surface area contributed by atoms with Crippen LogP contribution < -0.4 is 5.73 Å². The number of rotatable bonds is 5. The highest BCUT2D eigenvalue weighted by Gasteiger charge is 2.34. The number of benzene rings is 1. The van der Waals surface area contributed by atoms with Crippen molar-refractivity contribution in [2.75, 3.05) is 19.6 Å². The molecule has 1 heterocycles. The first-order chi connectivity index (χ1) is 9.94. The van der Waals surface area contributed by atoms with Crippen molar-refractivity contribution >= 4 is 15.9 Å². The van der Waals surface area contributed by atoms with E-state index in [0.29, 0.717) is 0 Å². The predicted octanol–water partition coefficient (Wildman–Crippen LogP) is 4.08. The van der Waals surface area contributed by atoms with Crippen LogP contribution in [0.25, 0.3) is 0 Å². The zero-order chi connectivity index (χ0) is 15.5. The Morgan fingerprint density at radius 3 is 2.29 bits per heavy atom. The molecule has 1 unspecified atom stereocenters. The van der Waals surface area contributed by atoms with Crippen molar-refractivity contribution in [1.82, 2.24) is 4.90 Å². The third-order valence-electron chi connectivity index (χ3n) is 5.18. The highest BCUT2D eigenvalue weighted by atomic mass is 79.9. The summed E-state index contributed by atoms with van der Waals surface area (Å²) in [4.78, 5) is 2.62. The molecule has 1 aromatic carbocycles. The van der Waals surface area contributed by atoms with Crippen LogP contribution in [-0.2, 0) is 6.42 Å². The van der Waals surface area contributed by atoms with Crippen LogP contribution >= 0.6 is 15.9 Å². The van der Waals surface area contributed by atoms with Gasteiger partial charge < -0.3 is 5.73 Å². The first-order valence-corrected chi connectivity index (χ1v) is 8.93. The fraction of sp³-hybridized carbons (Fsp3) is 0.667. The minimum atomic E-state index is 0.0791. The van der Waals surface area contributed by atoms with Crippen LogP contribution in [0, 0.1) is 11.8 Å². The lowest BCUT2D eigenvalue weighted by molar-refractivity contribution is 0.0574. The fourth-order valence-electron chi connectivity index (χ4n) is 3.46. The smallest absolute Gasteiger partial charge is 0.0343 e. The molecule has 21 heavy (non-hydrogen) atoms. The first-order valence-electron chi connectivity index (χ1n) is 8.14.